The fourth-order valence-electron chi connectivity index (χ4n) is 1.82. The molecule has 18 heavy (non-hydrogen) atoms. The molecule has 0 aliphatic carbocycles. The summed E-state index contributed by atoms with van der Waals surface area (Å²) in [5.74, 6) is 1.84. The first kappa shape index (κ1) is 15.1. The lowest BCUT2D eigenvalue weighted by Crippen LogP contribution is -2.25. The lowest BCUT2D eigenvalue weighted by Gasteiger charge is -2.16. The lowest BCUT2D eigenvalue weighted by atomic mass is 10.2. The Balaban J connectivity index is 2.42. The molecule has 0 fully saturated rings. The Bertz CT molecular complexity index is 323. The van der Waals surface area contributed by atoms with E-state index in [-0.39, 0.29) is 5.92 Å². The summed E-state index contributed by atoms with van der Waals surface area (Å²) in [6, 6.07) is 0. The molecule has 0 amide bonds. The second-order valence-corrected chi connectivity index (χ2v) is 4.53. The van der Waals surface area contributed by atoms with Gasteiger partial charge in [-0.1, -0.05) is 32.9 Å². The molecule has 1 unspecified atom stereocenters. The van der Waals surface area contributed by atoms with E-state index in [0.29, 0.717) is 0 Å². The van der Waals surface area contributed by atoms with Gasteiger partial charge in [-0.15, -0.1) is 0 Å². The predicted molar refractivity (Wildman–Crippen MR) is 72.7 cm³/mol. The van der Waals surface area contributed by atoms with Crippen molar-refractivity contribution in [2.45, 2.75) is 40.0 Å². The Labute approximate surface area is 110 Å². The first-order valence-corrected chi connectivity index (χ1v) is 6.96. The summed E-state index contributed by atoms with van der Waals surface area (Å²) in [6.07, 6.45) is 0.860. The quantitative estimate of drug-likeness (QED) is 0.726. The molecule has 5 nitrogen and oxygen atoms in total. The molecule has 5 heteroatoms. The number of hydrogen-bond donors (Lipinski definition) is 1. The molecule has 0 saturated carbocycles. The molecule has 1 heterocycles. The van der Waals surface area contributed by atoms with Gasteiger partial charge < -0.3 is 14.7 Å². The number of rotatable bonds is 9. The molecule has 0 radical (unpaired) electrons. The maximum absolute atomic E-state index is 5.30. The second kappa shape index (κ2) is 8.21. The van der Waals surface area contributed by atoms with Crippen LogP contribution in [0, 0.1) is 0 Å². The molecule has 0 bridgehead atoms. The van der Waals surface area contributed by atoms with Crippen LogP contribution in [0.2, 0.25) is 0 Å². The van der Waals surface area contributed by atoms with Crippen molar-refractivity contribution in [2.24, 2.45) is 0 Å². The van der Waals surface area contributed by atoms with Gasteiger partial charge in [0.05, 0.1) is 0 Å². The van der Waals surface area contributed by atoms with Crippen LogP contribution in [0.1, 0.15) is 45.3 Å². The number of nitrogens with one attached hydrogen (secondary N) is 1. The summed E-state index contributed by atoms with van der Waals surface area (Å²) in [5.41, 5.74) is 0. The highest BCUT2D eigenvalue weighted by molar-refractivity contribution is 4.93. The average Bonchev–Trinajstić information content (AvgIpc) is 2.86. The van der Waals surface area contributed by atoms with Crippen molar-refractivity contribution < 1.29 is 4.52 Å². The summed E-state index contributed by atoms with van der Waals surface area (Å²) in [7, 11) is 0. The van der Waals surface area contributed by atoms with Crippen molar-refractivity contribution in [3.8, 4) is 0 Å². The third kappa shape index (κ3) is 4.74. The van der Waals surface area contributed by atoms with E-state index in [1.807, 2.05) is 0 Å². The molecule has 1 aromatic heterocycles. The van der Waals surface area contributed by atoms with Crippen LogP contribution < -0.4 is 5.32 Å². The zero-order valence-corrected chi connectivity index (χ0v) is 12.1. The largest absolute Gasteiger partial charge is 0.339 e. The maximum Gasteiger partial charge on any atom is 0.230 e. The van der Waals surface area contributed by atoms with Crippen LogP contribution in [0.25, 0.3) is 0 Å². The SMILES string of the molecule is CCNCC(C)c1nc(CCN(CC)CC)no1. The predicted octanol–water partition coefficient (Wildman–Crippen LogP) is 1.67. The summed E-state index contributed by atoms with van der Waals surface area (Å²) in [5, 5.41) is 7.33. The zero-order chi connectivity index (χ0) is 13.4. The van der Waals surface area contributed by atoms with Crippen molar-refractivity contribution in [2.75, 3.05) is 32.7 Å². The van der Waals surface area contributed by atoms with E-state index in [1.54, 1.807) is 0 Å². The van der Waals surface area contributed by atoms with Gasteiger partial charge in [0.2, 0.25) is 5.89 Å². The van der Waals surface area contributed by atoms with Gasteiger partial charge >= 0.3 is 0 Å². The molecule has 0 aromatic carbocycles. The lowest BCUT2D eigenvalue weighted by molar-refractivity contribution is 0.302. The van der Waals surface area contributed by atoms with Gasteiger partial charge in [-0.25, -0.2) is 0 Å². The maximum atomic E-state index is 5.30. The molecule has 0 saturated heterocycles. The van der Waals surface area contributed by atoms with Crippen LogP contribution in [0.15, 0.2) is 4.52 Å². The minimum absolute atomic E-state index is 0.277. The summed E-state index contributed by atoms with van der Waals surface area (Å²) in [6.45, 7) is 13.5. The summed E-state index contributed by atoms with van der Waals surface area (Å²) in [4.78, 5) is 6.82. The van der Waals surface area contributed by atoms with E-state index in [0.717, 1.165) is 50.9 Å². The molecular weight excluding hydrogens is 228 g/mol. The fraction of sp³-hybridized carbons (Fsp3) is 0.846. The van der Waals surface area contributed by atoms with Gasteiger partial charge in [0, 0.05) is 25.4 Å². The summed E-state index contributed by atoms with van der Waals surface area (Å²) < 4.78 is 5.30. The standard InChI is InChI=1S/C13H26N4O/c1-5-14-10-11(4)13-15-12(16-18-13)8-9-17(6-2)7-3/h11,14H,5-10H2,1-4H3. The number of likely N-dealkylation sites (N-methyl/N-ethyl adjacent to an activating group) is 2. The Morgan fingerprint density at radius 2 is 2.00 bits per heavy atom. The first-order chi connectivity index (χ1) is 8.71. The minimum atomic E-state index is 0.277. The van der Waals surface area contributed by atoms with Crippen LogP contribution in [0.4, 0.5) is 0 Å². The van der Waals surface area contributed by atoms with Crippen LogP contribution in [0.5, 0.6) is 0 Å². The van der Waals surface area contributed by atoms with Gasteiger partial charge in [0.1, 0.15) is 0 Å². The van der Waals surface area contributed by atoms with E-state index in [9.17, 15) is 0 Å². The number of nitrogens with zero attached hydrogens (tertiary/aromatic N) is 3. The third-order valence-corrected chi connectivity index (χ3v) is 3.15. The number of aromatic nitrogens is 2. The normalized spacial score (nSPS) is 13.2. The molecule has 1 N–H and O–H groups in total. The van der Waals surface area contributed by atoms with E-state index < -0.39 is 0 Å². The number of hydrogen-bond acceptors (Lipinski definition) is 5. The van der Waals surface area contributed by atoms with E-state index in [4.69, 9.17) is 4.52 Å². The highest BCUT2D eigenvalue weighted by atomic mass is 16.5. The van der Waals surface area contributed by atoms with Crippen molar-refractivity contribution in [1.29, 1.82) is 0 Å². The van der Waals surface area contributed by atoms with Crippen molar-refractivity contribution in [3.05, 3.63) is 11.7 Å². The van der Waals surface area contributed by atoms with Crippen LogP contribution >= 0.6 is 0 Å². The highest BCUT2D eigenvalue weighted by Crippen LogP contribution is 2.11. The molecule has 1 atom stereocenters. The Morgan fingerprint density at radius 3 is 2.61 bits per heavy atom. The topological polar surface area (TPSA) is 54.2 Å². The molecule has 0 spiro atoms. The van der Waals surface area contributed by atoms with Crippen LogP contribution in [-0.2, 0) is 6.42 Å². The van der Waals surface area contributed by atoms with Crippen LogP contribution in [-0.4, -0.2) is 47.8 Å². The molecular formula is C13H26N4O. The molecule has 0 aliphatic heterocycles. The van der Waals surface area contributed by atoms with E-state index >= 15 is 0 Å². The Morgan fingerprint density at radius 1 is 1.28 bits per heavy atom. The van der Waals surface area contributed by atoms with Crippen molar-refractivity contribution >= 4 is 0 Å². The monoisotopic (exact) mass is 254 g/mol. The highest BCUT2D eigenvalue weighted by Gasteiger charge is 2.14. The second-order valence-electron chi connectivity index (χ2n) is 4.53. The van der Waals surface area contributed by atoms with Gasteiger partial charge in [0.25, 0.3) is 0 Å². The molecule has 1 aromatic rings. The average molecular weight is 254 g/mol. The summed E-state index contributed by atoms with van der Waals surface area (Å²) >= 11 is 0. The molecule has 0 aliphatic rings. The molecule has 1 rings (SSSR count). The van der Waals surface area contributed by atoms with Gasteiger partial charge in [-0.2, -0.15) is 4.98 Å². The smallest absolute Gasteiger partial charge is 0.230 e. The Hall–Kier alpha value is -0.940. The van der Waals surface area contributed by atoms with Gasteiger partial charge in [-0.3, -0.25) is 0 Å². The van der Waals surface area contributed by atoms with Crippen molar-refractivity contribution in [3.63, 3.8) is 0 Å². The fourth-order valence-corrected chi connectivity index (χ4v) is 1.82. The van der Waals surface area contributed by atoms with Gasteiger partial charge in [-0.05, 0) is 19.6 Å². The van der Waals surface area contributed by atoms with Gasteiger partial charge in [0.15, 0.2) is 5.82 Å². The minimum Gasteiger partial charge on any atom is -0.339 e. The van der Waals surface area contributed by atoms with Crippen molar-refractivity contribution in [1.82, 2.24) is 20.4 Å². The molecule has 104 valence electrons. The van der Waals surface area contributed by atoms with E-state index in [2.05, 4.69) is 48.1 Å². The third-order valence-electron chi connectivity index (χ3n) is 3.15. The van der Waals surface area contributed by atoms with Crippen LogP contribution in [0.3, 0.4) is 0 Å². The first-order valence-electron chi connectivity index (χ1n) is 6.96. The zero-order valence-electron chi connectivity index (χ0n) is 12.1. The Kier molecular flexibility index (Phi) is 6.90. The van der Waals surface area contributed by atoms with E-state index in [1.165, 1.54) is 0 Å².